The predicted octanol–water partition coefficient (Wildman–Crippen LogP) is 6.12. The molecule has 4 aromatic rings. The third-order valence-electron chi connectivity index (χ3n) is 4.60. The van der Waals surface area contributed by atoms with E-state index in [0.717, 1.165) is 17.7 Å². The number of halogens is 1. The summed E-state index contributed by atoms with van der Waals surface area (Å²) < 4.78 is 5.75. The molecular weight excluding hydrogens is 386 g/mol. The number of hydrogen-bond acceptors (Lipinski definition) is 4. The average molecular weight is 406 g/mol. The molecule has 4 rings (SSSR count). The van der Waals surface area contributed by atoms with Crippen molar-refractivity contribution in [3.8, 4) is 0 Å². The fourth-order valence-corrected chi connectivity index (χ4v) is 3.17. The summed E-state index contributed by atoms with van der Waals surface area (Å²) in [6.45, 7) is 2.12. The van der Waals surface area contributed by atoms with Crippen LogP contribution in [0.5, 0.6) is 0 Å². The predicted molar refractivity (Wildman–Crippen MR) is 117 cm³/mol. The van der Waals surface area contributed by atoms with Gasteiger partial charge in [-0.05, 0) is 60.0 Å². The number of carbonyl (C=O) groups is 1. The van der Waals surface area contributed by atoms with Crippen LogP contribution in [-0.4, -0.2) is 10.9 Å². The van der Waals surface area contributed by atoms with Crippen molar-refractivity contribution in [2.75, 3.05) is 10.6 Å². The number of oxazole rings is 1. The smallest absolute Gasteiger partial charge is 0.300 e. The van der Waals surface area contributed by atoms with Crippen LogP contribution in [0.3, 0.4) is 0 Å². The first-order valence-corrected chi connectivity index (χ1v) is 9.91. The highest BCUT2D eigenvalue weighted by Gasteiger charge is 2.10. The van der Waals surface area contributed by atoms with Gasteiger partial charge in [0.15, 0.2) is 5.58 Å². The van der Waals surface area contributed by atoms with Crippen molar-refractivity contribution in [1.29, 1.82) is 0 Å². The van der Waals surface area contributed by atoms with Gasteiger partial charge in [-0.2, -0.15) is 4.98 Å². The van der Waals surface area contributed by atoms with Gasteiger partial charge in [-0.1, -0.05) is 31.2 Å². The van der Waals surface area contributed by atoms with Crippen molar-refractivity contribution in [2.24, 2.45) is 0 Å². The number of hydrogen-bond donors (Lipinski definition) is 2. The summed E-state index contributed by atoms with van der Waals surface area (Å²) in [5.74, 6) is 0.164. The van der Waals surface area contributed by atoms with E-state index in [9.17, 15) is 4.79 Å². The normalized spacial score (nSPS) is 10.8. The molecule has 5 nitrogen and oxygen atoms in total. The summed E-state index contributed by atoms with van der Waals surface area (Å²) in [5.41, 5.74) is 5.57. The Balaban J connectivity index is 1.50. The number of nitrogens with zero attached hydrogens (tertiary/aromatic N) is 1. The van der Waals surface area contributed by atoms with Crippen LogP contribution < -0.4 is 10.6 Å². The average Bonchev–Trinajstić information content (AvgIpc) is 3.15. The Morgan fingerprint density at radius 1 is 1.00 bits per heavy atom. The monoisotopic (exact) mass is 405 g/mol. The van der Waals surface area contributed by atoms with Gasteiger partial charge in [0.25, 0.3) is 11.9 Å². The highest BCUT2D eigenvalue weighted by molar-refractivity contribution is 6.17. The molecule has 1 aromatic heterocycles. The first-order valence-electron chi connectivity index (χ1n) is 9.37. The molecule has 0 spiro atoms. The molecule has 0 atom stereocenters. The van der Waals surface area contributed by atoms with Gasteiger partial charge in [-0.25, -0.2) is 0 Å². The molecule has 1 amide bonds. The highest BCUT2D eigenvalue weighted by atomic mass is 35.5. The number of rotatable bonds is 6. The van der Waals surface area contributed by atoms with Crippen LogP contribution >= 0.6 is 11.6 Å². The third kappa shape index (κ3) is 4.41. The van der Waals surface area contributed by atoms with Crippen LogP contribution in [-0.2, 0) is 12.3 Å². The maximum atomic E-state index is 12.5. The molecule has 29 heavy (non-hydrogen) atoms. The number of fused-ring (bicyclic) bond motifs is 1. The van der Waals surface area contributed by atoms with Gasteiger partial charge in [0, 0.05) is 22.8 Å². The Labute approximate surface area is 173 Å². The van der Waals surface area contributed by atoms with E-state index in [0.29, 0.717) is 34.2 Å². The van der Waals surface area contributed by atoms with Crippen LogP contribution in [0.1, 0.15) is 28.4 Å². The summed E-state index contributed by atoms with van der Waals surface area (Å²) in [4.78, 5) is 17.0. The van der Waals surface area contributed by atoms with Crippen molar-refractivity contribution >= 4 is 46.0 Å². The second-order valence-electron chi connectivity index (χ2n) is 6.67. The zero-order valence-corrected chi connectivity index (χ0v) is 16.7. The number of aryl methyl sites for hydroxylation is 1. The van der Waals surface area contributed by atoms with Crippen molar-refractivity contribution in [3.63, 3.8) is 0 Å². The number of benzene rings is 3. The van der Waals surface area contributed by atoms with Crippen LogP contribution in [0, 0.1) is 0 Å². The third-order valence-corrected chi connectivity index (χ3v) is 4.91. The zero-order valence-electron chi connectivity index (χ0n) is 15.9. The molecule has 0 saturated carbocycles. The molecule has 6 heteroatoms. The first-order chi connectivity index (χ1) is 14.1. The van der Waals surface area contributed by atoms with Crippen LogP contribution in [0.15, 0.2) is 71.1 Å². The Bertz CT molecular complexity index is 1150. The summed E-state index contributed by atoms with van der Waals surface area (Å²) in [6, 6.07) is 21.1. The van der Waals surface area contributed by atoms with Gasteiger partial charge in [0.1, 0.15) is 5.52 Å². The minimum Gasteiger partial charge on any atom is -0.423 e. The van der Waals surface area contributed by atoms with Gasteiger partial charge in [-0.3, -0.25) is 4.79 Å². The fourth-order valence-electron chi connectivity index (χ4n) is 3.00. The molecule has 1 heterocycles. The molecule has 0 unspecified atom stereocenters. The van der Waals surface area contributed by atoms with E-state index in [2.05, 4.69) is 34.7 Å². The number of alkyl halides is 1. The quantitative estimate of drug-likeness (QED) is 0.379. The van der Waals surface area contributed by atoms with Crippen LogP contribution in [0.25, 0.3) is 11.1 Å². The molecule has 0 fully saturated rings. The fraction of sp³-hybridized carbons (Fsp3) is 0.130. The Morgan fingerprint density at radius 2 is 1.79 bits per heavy atom. The molecule has 3 aromatic carbocycles. The molecule has 0 aliphatic carbocycles. The molecule has 2 N–H and O–H groups in total. The molecule has 0 bridgehead atoms. The van der Waals surface area contributed by atoms with Gasteiger partial charge in [0.05, 0.1) is 0 Å². The summed E-state index contributed by atoms with van der Waals surface area (Å²) in [6.07, 6.45) is 0.994. The van der Waals surface area contributed by atoms with Crippen LogP contribution in [0.4, 0.5) is 17.4 Å². The molecular formula is C23H20ClN3O2. The van der Waals surface area contributed by atoms with E-state index in [1.165, 1.54) is 5.56 Å². The number of carbonyl (C=O) groups excluding carboxylic acids is 1. The number of aromatic nitrogens is 1. The van der Waals surface area contributed by atoms with E-state index < -0.39 is 0 Å². The van der Waals surface area contributed by atoms with E-state index in [1.54, 1.807) is 30.3 Å². The van der Waals surface area contributed by atoms with Gasteiger partial charge >= 0.3 is 0 Å². The van der Waals surface area contributed by atoms with Gasteiger partial charge < -0.3 is 15.1 Å². The Morgan fingerprint density at radius 3 is 2.55 bits per heavy atom. The largest absolute Gasteiger partial charge is 0.423 e. The topological polar surface area (TPSA) is 67.2 Å². The van der Waals surface area contributed by atoms with Crippen LogP contribution in [0.2, 0.25) is 0 Å². The lowest BCUT2D eigenvalue weighted by Gasteiger charge is -2.06. The van der Waals surface area contributed by atoms with Gasteiger partial charge in [-0.15, -0.1) is 11.6 Å². The number of nitrogens with one attached hydrogen (secondary N) is 2. The maximum Gasteiger partial charge on any atom is 0.300 e. The lowest BCUT2D eigenvalue weighted by molar-refractivity contribution is 0.102. The standard InChI is InChI=1S/C23H20ClN3O2/c1-2-15-6-8-18(9-7-15)26-23-27-20-13-19(10-11-21(20)29-23)25-22(28)17-5-3-4-16(12-17)14-24/h3-13H,2,14H2,1H3,(H,25,28)(H,26,27). The minimum atomic E-state index is -0.200. The van der Waals surface area contributed by atoms with Gasteiger partial charge in [0.2, 0.25) is 0 Å². The number of amides is 1. The SMILES string of the molecule is CCc1ccc(Nc2nc3cc(NC(=O)c4cccc(CCl)c4)ccc3o2)cc1. The minimum absolute atomic E-state index is 0.200. The van der Waals surface area contributed by atoms with Crippen molar-refractivity contribution in [1.82, 2.24) is 4.98 Å². The second kappa shape index (κ2) is 8.37. The van der Waals surface area contributed by atoms with E-state index in [4.69, 9.17) is 16.0 Å². The molecule has 0 saturated heterocycles. The molecule has 0 radical (unpaired) electrons. The summed E-state index contributed by atoms with van der Waals surface area (Å²) in [5, 5.41) is 6.05. The molecule has 146 valence electrons. The zero-order chi connectivity index (χ0) is 20.2. The second-order valence-corrected chi connectivity index (χ2v) is 6.93. The van der Waals surface area contributed by atoms with E-state index >= 15 is 0 Å². The lowest BCUT2D eigenvalue weighted by Crippen LogP contribution is -2.11. The maximum absolute atomic E-state index is 12.5. The van der Waals surface area contributed by atoms with Crippen molar-refractivity contribution in [2.45, 2.75) is 19.2 Å². The highest BCUT2D eigenvalue weighted by Crippen LogP contribution is 2.25. The van der Waals surface area contributed by atoms with Crippen molar-refractivity contribution in [3.05, 3.63) is 83.4 Å². The lowest BCUT2D eigenvalue weighted by atomic mass is 10.1. The first kappa shape index (κ1) is 19.0. The van der Waals surface area contributed by atoms with Crippen molar-refractivity contribution < 1.29 is 9.21 Å². The molecule has 0 aliphatic rings. The Hall–Kier alpha value is -3.31. The Kier molecular flexibility index (Phi) is 5.49. The van der Waals surface area contributed by atoms with E-state index in [1.807, 2.05) is 24.3 Å². The number of anilines is 3. The summed E-state index contributed by atoms with van der Waals surface area (Å²) >= 11 is 5.85. The van der Waals surface area contributed by atoms with E-state index in [-0.39, 0.29) is 5.91 Å². The summed E-state index contributed by atoms with van der Waals surface area (Å²) in [7, 11) is 0. The molecule has 0 aliphatic heterocycles.